The van der Waals surface area contributed by atoms with E-state index in [1.165, 1.54) is 11.3 Å². The van der Waals surface area contributed by atoms with Crippen molar-refractivity contribution in [1.82, 2.24) is 14.8 Å². The SMILES string of the molecule is O=C(CN1CCN(C(=O)Cc2ccc(Cl)cc2)CC1)Nc1nccs1. The number of nitrogens with zero attached hydrogens (tertiary/aromatic N) is 3. The number of nitrogens with one attached hydrogen (secondary N) is 1. The summed E-state index contributed by atoms with van der Waals surface area (Å²) >= 11 is 7.26. The first-order valence-corrected chi connectivity index (χ1v) is 9.30. The minimum atomic E-state index is -0.0732. The van der Waals surface area contributed by atoms with Gasteiger partial charge >= 0.3 is 0 Å². The van der Waals surface area contributed by atoms with Crippen LogP contribution in [-0.2, 0) is 16.0 Å². The normalized spacial score (nSPS) is 15.2. The van der Waals surface area contributed by atoms with Gasteiger partial charge < -0.3 is 10.2 Å². The van der Waals surface area contributed by atoms with Crippen molar-refractivity contribution in [2.45, 2.75) is 6.42 Å². The Balaban J connectivity index is 1.42. The van der Waals surface area contributed by atoms with Gasteiger partial charge in [-0.1, -0.05) is 23.7 Å². The molecule has 1 aliphatic heterocycles. The first kappa shape index (κ1) is 17.8. The monoisotopic (exact) mass is 378 g/mol. The Morgan fingerprint density at radius 1 is 1.16 bits per heavy atom. The zero-order valence-electron chi connectivity index (χ0n) is 13.7. The largest absolute Gasteiger partial charge is 0.340 e. The molecule has 3 rings (SSSR count). The van der Waals surface area contributed by atoms with Crippen molar-refractivity contribution in [3.63, 3.8) is 0 Å². The Morgan fingerprint density at radius 3 is 2.52 bits per heavy atom. The summed E-state index contributed by atoms with van der Waals surface area (Å²) in [5.41, 5.74) is 0.958. The first-order valence-electron chi connectivity index (χ1n) is 8.04. The number of thiazole rings is 1. The number of piperazine rings is 1. The van der Waals surface area contributed by atoms with E-state index >= 15 is 0 Å². The van der Waals surface area contributed by atoms with Gasteiger partial charge in [0.25, 0.3) is 0 Å². The molecular formula is C17H19ClN4O2S. The molecule has 0 bridgehead atoms. The molecule has 2 aromatic rings. The molecule has 25 heavy (non-hydrogen) atoms. The fourth-order valence-corrected chi connectivity index (χ4v) is 3.36. The number of carbonyl (C=O) groups excluding carboxylic acids is 2. The van der Waals surface area contributed by atoms with Crippen molar-refractivity contribution in [2.75, 3.05) is 38.0 Å². The third kappa shape index (κ3) is 5.26. The van der Waals surface area contributed by atoms with Crippen LogP contribution in [0.25, 0.3) is 0 Å². The number of carbonyl (C=O) groups is 2. The zero-order valence-corrected chi connectivity index (χ0v) is 15.2. The van der Waals surface area contributed by atoms with E-state index in [-0.39, 0.29) is 11.8 Å². The second kappa shape index (κ2) is 8.42. The Hall–Kier alpha value is -1.96. The van der Waals surface area contributed by atoms with Gasteiger partial charge in [-0.05, 0) is 17.7 Å². The Labute approximate surface area is 155 Å². The van der Waals surface area contributed by atoms with Crippen molar-refractivity contribution in [2.24, 2.45) is 0 Å². The minimum Gasteiger partial charge on any atom is -0.340 e. The van der Waals surface area contributed by atoms with E-state index in [4.69, 9.17) is 11.6 Å². The second-order valence-corrected chi connectivity index (χ2v) is 7.18. The lowest BCUT2D eigenvalue weighted by Gasteiger charge is -2.34. The van der Waals surface area contributed by atoms with Crippen LogP contribution in [0.2, 0.25) is 5.02 Å². The van der Waals surface area contributed by atoms with Gasteiger partial charge in [0.05, 0.1) is 13.0 Å². The van der Waals surface area contributed by atoms with Crippen LogP contribution in [0.15, 0.2) is 35.8 Å². The summed E-state index contributed by atoms with van der Waals surface area (Å²) in [6, 6.07) is 7.34. The number of amides is 2. The molecule has 1 fully saturated rings. The van der Waals surface area contributed by atoms with Crippen molar-refractivity contribution in [3.05, 3.63) is 46.4 Å². The molecule has 1 aromatic carbocycles. The van der Waals surface area contributed by atoms with Crippen LogP contribution in [0.3, 0.4) is 0 Å². The summed E-state index contributed by atoms with van der Waals surface area (Å²) in [6.07, 6.45) is 2.03. The van der Waals surface area contributed by atoms with E-state index in [0.29, 0.717) is 49.3 Å². The predicted molar refractivity (Wildman–Crippen MR) is 98.9 cm³/mol. The average Bonchev–Trinajstić information content (AvgIpc) is 3.10. The molecule has 0 atom stereocenters. The molecular weight excluding hydrogens is 360 g/mol. The molecule has 1 N–H and O–H groups in total. The van der Waals surface area contributed by atoms with E-state index in [9.17, 15) is 9.59 Å². The highest BCUT2D eigenvalue weighted by Gasteiger charge is 2.22. The summed E-state index contributed by atoms with van der Waals surface area (Å²) in [7, 11) is 0. The number of rotatable bonds is 5. The summed E-state index contributed by atoms with van der Waals surface area (Å²) in [5, 5.41) is 5.88. The molecule has 0 aliphatic carbocycles. The number of aromatic nitrogens is 1. The number of hydrogen-bond donors (Lipinski definition) is 1. The molecule has 1 aliphatic rings. The lowest BCUT2D eigenvalue weighted by molar-refractivity contribution is -0.132. The molecule has 2 amide bonds. The number of halogens is 1. The van der Waals surface area contributed by atoms with Gasteiger partial charge in [-0.3, -0.25) is 14.5 Å². The van der Waals surface area contributed by atoms with Crippen molar-refractivity contribution in [3.8, 4) is 0 Å². The molecule has 6 nitrogen and oxygen atoms in total. The van der Waals surface area contributed by atoms with Crippen molar-refractivity contribution in [1.29, 1.82) is 0 Å². The van der Waals surface area contributed by atoms with Gasteiger partial charge in [-0.2, -0.15) is 0 Å². The molecule has 0 saturated carbocycles. The van der Waals surface area contributed by atoms with E-state index in [1.807, 2.05) is 22.4 Å². The molecule has 0 unspecified atom stereocenters. The molecule has 0 radical (unpaired) electrons. The van der Waals surface area contributed by atoms with Gasteiger partial charge in [0.1, 0.15) is 0 Å². The third-order valence-electron chi connectivity index (χ3n) is 4.04. The van der Waals surface area contributed by atoms with E-state index in [0.717, 1.165) is 5.56 Å². The van der Waals surface area contributed by atoms with Gasteiger partial charge in [-0.15, -0.1) is 11.3 Å². The van der Waals surface area contributed by atoms with Crippen LogP contribution < -0.4 is 5.32 Å². The fraction of sp³-hybridized carbons (Fsp3) is 0.353. The average molecular weight is 379 g/mol. The minimum absolute atomic E-state index is 0.0732. The lowest BCUT2D eigenvalue weighted by Crippen LogP contribution is -2.50. The molecule has 2 heterocycles. The topological polar surface area (TPSA) is 65.5 Å². The summed E-state index contributed by atoms with van der Waals surface area (Å²) in [5.74, 6) is 0.0325. The summed E-state index contributed by atoms with van der Waals surface area (Å²) in [6.45, 7) is 2.97. The van der Waals surface area contributed by atoms with Gasteiger partial charge in [0.15, 0.2) is 5.13 Å². The smallest absolute Gasteiger partial charge is 0.240 e. The number of benzene rings is 1. The quantitative estimate of drug-likeness (QED) is 0.865. The van der Waals surface area contributed by atoms with Crippen LogP contribution in [0.4, 0.5) is 5.13 Å². The van der Waals surface area contributed by atoms with Crippen LogP contribution in [0.1, 0.15) is 5.56 Å². The van der Waals surface area contributed by atoms with Crippen LogP contribution >= 0.6 is 22.9 Å². The second-order valence-electron chi connectivity index (χ2n) is 5.85. The number of hydrogen-bond acceptors (Lipinski definition) is 5. The molecule has 132 valence electrons. The molecule has 1 aromatic heterocycles. The predicted octanol–water partition coefficient (Wildman–Crippen LogP) is 2.12. The standard InChI is InChI=1S/C17H19ClN4O2S/c18-14-3-1-13(2-4-14)11-16(24)22-8-6-21(7-9-22)12-15(23)20-17-19-5-10-25-17/h1-5,10H,6-9,11-12H2,(H,19,20,23). The first-order chi connectivity index (χ1) is 12.1. The zero-order chi connectivity index (χ0) is 17.6. The maximum atomic E-state index is 12.4. The molecule has 1 saturated heterocycles. The van der Waals surface area contributed by atoms with Gasteiger partial charge in [-0.25, -0.2) is 4.98 Å². The summed E-state index contributed by atoms with van der Waals surface area (Å²) in [4.78, 5) is 32.3. The Morgan fingerprint density at radius 2 is 1.88 bits per heavy atom. The highest BCUT2D eigenvalue weighted by atomic mass is 35.5. The fourth-order valence-electron chi connectivity index (χ4n) is 2.69. The van der Waals surface area contributed by atoms with E-state index in [2.05, 4.69) is 15.2 Å². The Bertz CT molecular complexity index is 713. The molecule has 8 heteroatoms. The van der Waals surface area contributed by atoms with Crippen molar-refractivity contribution < 1.29 is 9.59 Å². The maximum absolute atomic E-state index is 12.4. The summed E-state index contributed by atoms with van der Waals surface area (Å²) < 4.78 is 0. The van der Waals surface area contributed by atoms with Crippen LogP contribution in [-0.4, -0.2) is 59.3 Å². The maximum Gasteiger partial charge on any atom is 0.240 e. The highest BCUT2D eigenvalue weighted by Crippen LogP contribution is 2.13. The third-order valence-corrected chi connectivity index (χ3v) is 4.98. The van der Waals surface area contributed by atoms with Crippen LogP contribution in [0, 0.1) is 0 Å². The van der Waals surface area contributed by atoms with Crippen LogP contribution in [0.5, 0.6) is 0 Å². The molecule has 0 spiro atoms. The lowest BCUT2D eigenvalue weighted by atomic mass is 10.1. The van der Waals surface area contributed by atoms with E-state index in [1.54, 1.807) is 18.3 Å². The Kier molecular flexibility index (Phi) is 6.01. The highest BCUT2D eigenvalue weighted by molar-refractivity contribution is 7.13. The van der Waals surface area contributed by atoms with Crippen molar-refractivity contribution >= 4 is 39.9 Å². The van der Waals surface area contributed by atoms with Gasteiger partial charge in [0.2, 0.25) is 11.8 Å². The number of anilines is 1. The van der Waals surface area contributed by atoms with Gasteiger partial charge in [0, 0.05) is 42.8 Å². The van der Waals surface area contributed by atoms with E-state index < -0.39 is 0 Å².